The topological polar surface area (TPSA) is 32.3 Å². The molecule has 0 aliphatic rings. The lowest BCUT2D eigenvalue weighted by Gasteiger charge is -2.29. The Kier molecular flexibility index (Phi) is 5.82. The molecule has 2 nitrogen and oxygen atoms in total. The first kappa shape index (κ1) is 14.9. The monoisotopic (exact) mass is 215 g/mol. The molecular formula is C13H29NO. The van der Waals surface area contributed by atoms with Crippen LogP contribution in [-0.2, 0) is 0 Å². The van der Waals surface area contributed by atoms with E-state index in [2.05, 4.69) is 39.9 Å². The molecule has 0 spiro atoms. The molecule has 0 saturated heterocycles. The second kappa shape index (κ2) is 5.86. The van der Waals surface area contributed by atoms with E-state index in [1.807, 2.05) is 6.92 Å². The van der Waals surface area contributed by atoms with Crippen LogP contribution < -0.4 is 5.32 Å². The van der Waals surface area contributed by atoms with Gasteiger partial charge in [0.2, 0.25) is 0 Å². The fourth-order valence-corrected chi connectivity index (χ4v) is 1.44. The lowest BCUT2D eigenvalue weighted by molar-refractivity contribution is 0.0412. The van der Waals surface area contributed by atoms with Crippen molar-refractivity contribution in [3.05, 3.63) is 0 Å². The summed E-state index contributed by atoms with van der Waals surface area (Å²) >= 11 is 0. The van der Waals surface area contributed by atoms with Crippen LogP contribution in [0.15, 0.2) is 0 Å². The van der Waals surface area contributed by atoms with Gasteiger partial charge in [-0.1, -0.05) is 26.7 Å². The van der Waals surface area contributed by atoms with Gasteiger partial charge in [-0.15, -0.1) is 0 Å². The molecular weight excluding hydrogens is 186 g/mol. The van der Waals surface area contributed by atoms with Gasteiger partial charge in [0.15, 0.2) is 0 Å². The summed E-state index contributed by atoms with van der Waals surface area (Å²) in [5, 5.41) is 13.5. The van der Waals surface area contributed by atoms with Gasteiger partial charge in [-0.05, 0) is 40.0 Å². The number of β-amino-alcohol motifs (C(OH)–C–C–N with tert-alkyl or cyclic N) is 1. The number of rotatable bonds is 6. The van der Waals surface area contributed by atoms with Crippen molar-refractivity contribution >= 4 is 0 Å². The van der Waals surface area contributed by atoms with E-state index in [1.54, 1.807) is 0 Å². The molecule has 0 aliphatic carbocycles. The molecule has 0 heterocycles. The summed E-state index contributed by atoms with van der Waals surface area (Å²) in [6.07, 6.45) is 3.19. The van der Waals surface area contributed by atoms with E-state index in [-0.39, 0.29) is 5.54 Å². The summed E-state index contributed by atoms with van der Waals surface area (Å²) in [7, 11) is 0. The van der Waals surface area contributed by atoms with Crippen LogP contribution in [0.1, 0.15) is 60.8 Å². The van der Waals surface area contributed by atoms with Gasteiger partial charge in [0.25, 0.3) is 0 Å². The minimum atomic E-state index is -0.567. The van der Waals surface area contributed by atoms with Gasteiger partial charge < -0.3 is 10.4 Å². The molecule has 0 aromatic carbocycles. The summed E-state index contributed by atoms with van der Waals surface area (Å²) in [5.41, 5.74) is -0.482. The normalized spacial score (nSPS) is 16.8. The molecule has 0 aromatic rings. The Balaban J connectivity index is 3.77. The Hall–Kier alpha value is -0.0800. The van der Waals surface area contributed by atoms with Crippen LogP contribution in [0.25, 0.3) is 0 Å². The van der Waals surface area contributed by atoms with E-state index < -0.39 is 5.60 Å². The molecule has 0 bridgehead atoms. The van der Waals surface area contributed by atoms with Gasteiger partial charge >= 0.3 is 0 Å². The molecule has 1 atom stereocenters. The van der Waals surface area contributed by atoms with E-state index in [4.69, 9.17) is 0 Å². The number of aliphatic hydroxyl groups is 1. The van der Waals surface area contributed by atoms with E-state index in [9.17, 15) is 5.11 Å². The van der Waals surface area contributed by atoms with Crippen molar-refractivity contribution < 1.29 is 5.11 Å². The van der Waals surface area contributed by atoms with E-state index in [1.165, 1.54) is 6.42 Å². The predicted octanol–water partition coefficient (Wildman–Crippen LogP) is 2.95. The Morgan fingerprint density at radius 2 is 1.67 bits per heavy atom. The van der Waals surface area contributed by atoms with Crippen LogP contribution >= 0.6 is 0 Å². The Bertz CT molecular complexity index is 168. The highest BCUT2D eigenvalue weighted by molar-refractivity contribution is 4.80. The zero-order chi connectivity index (χ0) is 12.1. The zero-order valence-corrected chi connectivity index (χ0v) is 11.4. The third-order valence-corrected chi connectivity index (χ3v) is 2.50. The molecule has 0 saturated carbocycles. The summed E-state index contributed by atoms with van der Waals surface area (Å²) in [6.45, 7) is 13.4. The van der Waals surface area contributed by atoms with Gasteiger partial charge in [0, 0.05) is 12.1 Å². The molecule has 0 fully saturated rings. The molecule has 1 unspecified atom stereocenters. The highest BCUT2D eigenvalue weighted by Gasteiger charge is 2.22. The molecule has 0 radical (unpaired) electrons. The van der Waals surface area contributed by atoms with E-state index in [0.29, 0.717) is 6.54 Å². The third-order valence-electron chi connectivity index (χ3n) is 2.50. The molecule has 0 aliphatic heterocycles. The maximum Gasteiger partial charge on any atom is 0.0743 e. The zero-order valence-electron chi connectivity index (χ0n) is 11.4. The average Bonchev–Trinajstić information content (AvgIpc) is 1.99. The van der Waals surface area contributed by atoms with Gasteiger partial charge in [-0.2, -0.15) is 0 Å². The lowest BCUT2D eigenvalue weighted by atomic mass is 9.95. The second-order valence-corrected chi connectivity index (χ2v) is 6.39. The van der Waals surface area contributed by atoms with Crippen LogP contribution in [0.3, 0.4) is 0 Å². The minimum absolute atomic E-state index is 0.0854. The van der Waals surface area contributed by atoms with E-state index >= 15 is 0 Å². The van der Waals surface area contributed by atoms with Crippen LogP contribution in [0.4, 0.5) is 0 Å². The summed E-state index contributed by atoms with van der Waals surface area (Å²) in [6, 6.07) is 0. The molecule has 15 heavy (non-hydrogen) atoms. The first-order valence-electron chi connectivity index (χ1n) is 6.10. The maximum absolute atomic E-state index is 10.1. The van der Waals surface area contributed by atoms with Crippen molar-refractivity contribution in [1.29, 1.82) is 0 Å². The van der Waals surface area contributed by atoms with Crippen LogP contribution in [0, 0.1) is 5.92 Å². The van der Waals surface area contributed by atoms with Crippen molar-refractivity contribution in [2.75, 3.05) is 6.54 Å². The number of nitrogens with one attached hydrogen (secondary N) is 1. The Morgan fingerprint density at radius 1 is 1.13 bits per heavy atom. The first-order valence-corrected chi connectivity index (χ1v) is 6.10. The maximum atomic E-state index is 10.1. The Morgan fingerprint density at radius 3 is 2.07 bits per heavy atom. The summed E-state index contributed by atoms with van der Waals surface area (Å²) in [4.78, 5) is 0. The average molecular weight is 215 g/mol. The van der Waals surface area contributed by atoms with Gasteiger partial charge in [-0.3, -0.25) is 0 Å². The number of hydrogen-bond donors (Lipinski definition) is 2. The highest BCUT2D eigenvalue weighted by Crippen LogP contribution is 2.16. The summed E-state index contributed by atoms with van der Waals surface area (Å²) < 4.78 is 0. The van der Waals surface area contributed by atoms with Crippen LogP contribution in [-0.4, -0.2) is 22.8 Å². The van der Waals surface area contributed by atoms with Crippen molar-refractivity contribution in [1.82, 2.24) is 5.32 Å². The van der Waals surface area contributed by atoms with Crippen LogP contribution in [0.2, 0.25) is 0 Å². The fourth-order valence-electron chi connectivity index (χ4n) is 1.44. The van der Waals surface area contributed by atoms with Crippen LogP contribution in [0.5, 0.6) is 0 Å². The molecule has 0 rings (SSSR count). The lowest BCUT2D eigenvalue weighted by Crippen LogP contribution is -2.46. The number of hydrogen-bond acceptors (Lipinski definition) is 2. The SMILES string of the molecule is CC(C)CCCC(C)(O)CNC(C)(C)C. The summed E-state index contributed by atoms with van der Waals surface area (Å²) in [5.74, 6) is 0.733. The standard InChI is InChI=1S/C13H29NO/c1-11(2)8-7-9-13(6,15)10-14-12(3,4)5/h11,14-15H,7-10H2,1-6H3. The minimum Gasteiger partial charge on any atom is -0.389 e. The molecule has 0 aromatic heterocycles. The van der Waals surface area contributed by atoms with E-state index in [0.717, 1.165) is 18.8 Å². The van der Waals surface area contributed by atoms with Gasteiger partial charge in [-0.25, -0.2) is 0 Å². The van der Waals surface area contributed by atoms with Crippen molar-refractivity contribution in [2.45, 2.75) is 71.9 Å². The third kappa shape index (κ3) is 10.2. The smallest absolute Gasteiger partial charge is 0.0743 e. The quantitative estimate of drug-likeness (QED) is 0.714. The van der Waals surface area contributed by atoms with Crippen molar-refractivity contribution in [2.24, 2.45) is 5.92 Å². The largest absolute Gasteiger partial charge is 0.389 e. The highest BCUT2D eigenvalue weighted by atomic mass is 16.3. The Labute approximate surface area is 95.5 Å². The predicted molar refractivity (Wildman–Crippen MR) is 67.1 cm³/mol. The second-order valence-electron chi connectivity index (χ2n) is 6.39. The van der Waals surface area contributed by atoms with Crippen molar-refractivity contribution in [3.63, 3.8) is 0 Å². The van der Waals surface area contributed by atoms with Gasteiger partial charge in [0.05, 0.1) is 5.60 Å². The molecule has 0 amide bonds. The molecule has 92 valence electrons. The molecule has 2 N–H and O–H groups in total. The fraction of sp³-hybridized carbons (Fsp3) is 1.00. The molecule has 2 heteroatoms. The van der Waals surface area contributed by atoms with Crippen molar-refractivity contribution in [3.8, 4) is 0 Å². The first-order chi connectivity index (χ1) is 6.62. The van der Waals surface area contributed by atoms with Gasteiger partial charge in [0.1, 0.15) is 0 Å².